The van der Waals surface area contributed by atoms with Crippen LogP contribution < -0.4 is 16.2 Å². The number of carboxylic acids is 1. The number of carboxylic acid groups (broad SMARTS) is 1. The van der Waals surface area contributed by atoms with Crippen molar-refractivity contribution < 1.29 is 35.7 Å². The summed E-state index contributed by atoms with van der Waals surface area (Å²) in [6.45, 7) is 0.228. The van der Waals surface area contributed by atoms with Crippen LogP contribution in [0.4, 0.5) is 5.82 Å². The van der Waals surface area contributed by atoms with Gasteiger partial charge in [0.2, 0.25) is 0 Å². The second-order valence-corrected chi connectivity index (χ2v) is 7.77. The molecule has 1 saturated heterocycles. The Morgan fingerprint density at radius 3 is 2.90 bits per heavy atom. The third kappa shape index (κ3) is 4.76. The Morgan fingerprint density at radius 2 is 2.17 bits per heavy atom. The zero-order chi connectivity index (χ0) is 21.0. The number of aliphatic hydroxyl groups is 3. The van der Waals surface area contributed by atoms with E-state index >= 15 is 0 Å². The maximum Gasteiger partial charge on any atom is 0.167 e. The summed E-state index contributed by atoms with van der Waals surface area (Å²) in [5.41, 5.74) is 4.36. The number of aromatic nitrogens is 4. The molecule has 5 atom stereocenters. The van der Waals surface area contributed by atoms with E-state index in [1.807, 2.05) is 0 Å². The highest BCUT2D eigenvalue weighted by atomic mass is 32.2. The number of hydrogen-bond donors (Lipinski definition) is 5. The Morgan fingerprint density at radius 1 is 1.38 bits per heavy atom. The third-order valence-corrected chi connectivity index (χ3v) is 5.69. The molecule has 2 aromatic rings. The van der Waals surface area contributed by atoms with Gasteiger partial charge in [0.15, 0.2) is 23.2 Å². The number of nitrogens with zero attached hydrogens (tertiary/aromatic N) is 4. The lowest BCUT2D eigenvalue weighted by atomic mass is 10.1. The molecule has 3 rings (SSSR count). The molecule has 0 radical (unpaired) electrons. The Balaban J connectivity index is 1.66. The molecule has 12 nitrogen and oxygen atoms in total. The van der Waals surface area contributed by atoms with Gasteiger partial charge in [0.1, 0.15) is 24.6 Å². The molecule has 7 N–H and O–H groups in total. The lowest BCUT2D eigenvalue weighted by Gasteiger charge is -2.16. The zero-order valence-electron chi connectivity index (χ0n) is 15.5. The van der Waals surface area contributed by atoms with Gasteiger partial charge in [0.05, 0.1) is 25.0 Å². The van der Waals surface area contributed by atoms with Crippen LogP contribution in [-0.2, 0) is 9.53 Å². The summed E-state index contributed by atoms with van der Waals surface area (Å²) in [7, 11) is 0. The van der Waals surface area contributed by atoms with Crippen molar-refractivity contribution in [1.29, 1.82) is 0 Å². The van der Waals surface area contributed by atoms with Gasteiger partial charge in [-0.25, -0.2) is 15.0 Å². The number of carbonyl (C=O) groups is 1. The first kappa shape index (κ1) is 21.7. The Labute approximate surface area is 170 Å². The van der Waals surface area contributed by atoms with Gasteiger partial charge in [-0.05, 0) is 5.75 Å². The highest BCUT2D eigenvalue weighted by molar-refractivity contribution is 7.99. The van der Waals surface area contributed by atoms with Crippen molar-refractivity contribution in [3.63, 3.8) is 0 Å². The first-order valence-electron chi connectivity index (χ1n) is 9.09. The molecular weight excluding hydrogens is 404 g/mol. The molecule has 13 heteroatoms. The molecule has 160 valence electrons. The topological polar surface area (TPSA) is 193 Å². The van der Waals surface area contributed by atoms with Gasteiger partial charge in [0.25, 0.3) is 0 Å². The van der Waals surface area contributed by atoms with E-state index in [4.69, 9.17) is 9.84 Å². The van der Waals surface area contributed by atoms with Gasteiger partial charge in [-0.1, -0.05) is 0 Å². The molecule has 1 aliphatic heterocycles. The molecular formula is C16H24N6O6S. The molecule has 3 heterocycles. The second-order valence-electron chi connectivity index (χ2n) is 6.62. The summed E-state index contributed by atoms with van der Waals surface area (Å²) in [6.07, 6.45) is -0.706. The number of anilines is 1. The maximum absolute atomic E-state index is 10.7. The minimum absolute atomic E-state index is 0.0694. The SMILES string of the molecule is [NH3+][C@@H](CCSC[C@H]1O[C@@H](n2cnc3c(NCCO)ncnc32)[C@H](O)[C@@H]1O)C(=O)[O-]. The number of carbonyl (C=O) groups excluding carboxylic acids is 1. The average molecular weight is 428 g/mol. The highest BCUT2D eigenvalue weighted by Crippen LogP contribution is 2.33. The first-order chi connectivity index (χ1) is 13.9. The van der Waals surface area contributed by atoms with Crippen LogP contribution in [0.15, 0.2) is 12.7 Å². The minimum Gasteiger partial charge on any atom is -0.544 e. The predicted molar refractivity (Wildman–Crippen MR) is 100 cm³/mol. The minimum atomic E-state index is -1.19. The molecule has 0 aromatic carbocycles. The number of thioether (sulfide) groups is 1. The summed E-state index contributed by atoms with van der Waals surface area (Å²) in [6, 6.07) is -0.791. The third-order valence-electron chi connectivity index (χ3n) is 4.60. The molecule has 1 fully saturated rings. The van der Waals surface area contributed by atoms with Crippen molar-refractivity contribution in [1.82, 2.24) is 19.5 Å². The molecule has 1 aliphatic rings. The van der Waals surface area contributed by atoms with E-state index in [0.29, 0.717) is 41.5 Å². The number of fused-ring (bicyclic) bond motifs is 1. The summed E-state index contributed by atoms with van der Waals surface area (Å²) in [5, 5.41) is 43.4. The number of rotatable bonds is 10. The summed E-state index contributed by atoms with van der Waals surface area (Å²) < 4.78 is 7.38. The van der Waals surface area contributed by atoms with Crippen molar-refractivity contribution in [3.05, 3.63) is 12.7 Å². The Bertz CT molecular complexity index is 837. The van der Waals surface area contributed by atoms with E-state index in [1.54, 1.807) is 0 Å². The van der Waals surface area contributed by atoms with E-state index < -0.39 is 36.6 Å². The predicted octanol–water partition coefficient (Wildman–Crippen LogP) is -3.67. The first-order valence-corrected chi connectivity index (χ1v) is 10.2. The van der Waals surface area contributed by atoms with E-state index in [2.05, 4.69) is 26.0 Å². The molecule has 0 spiro atoms. The highest BCUT2D eigenvalue weighted by Gasteiger charge is 2.44. The monoisotopic (exact) mass is 428 g/mol. The van der Waals surface area contributed by atoms with Crippen LogP contribution in [0.2, 0.25) is 0 Å². The number of aliphatic hydroxyl groups excluding tert-OH is 3. The average Bonchev–Trinajstić information content (AvgIpc) is 3.25. The molecule has 0 saturated carbocycles. The van der Waals surface area contributed by atoms with Crippen LogP contribution >= 0.6 is 11.8 Å². The van der Waals surface area contributed by atoms with Gasteiger partial charge in [-0.3, -0.25) is 4.57 Å². The van der Waals surface area contributed by atoms with Crippen molar-refractivity contribution in [2.24, 2.45) is 0 Å². The van der Waals surface area contributed by atoms with E-state index in [-0.39, 0.29) is 6.61 Å². The van der Waals surface area contributed by atoms with Crippen LogP contribution in [-0.4, -0.2) is 89.8 Å². The molecule has 0 unspecified atom stereocenters. The second kappa shape index (κ2) is 9.65. The molecule has 0 amide bonds. The van der Waals surface area contributed by atoms with Crippen molar-refractivity contribution in [3.8, 4) is 0 Å². The fraction of sp³-hybridized carbons (Fsp3) is 0.625. The lowest BCUT2D eigenvalue weighted by Crippen LogP contribution is -2.68. The van der Waals surface area contributed by atoms with E-state index in [0.717, 1.165) is 0 Å². The summed E-state index contributed by atoms with van der Waals surface area (Å²) in [4.78, 5) is 23.2. The lowest BCUT2D eigenvalue weighted by molar-refractivity contribution is -0.437. The van der Waals surface area contributed by atoms with Gasteiger partial charge < -0.3 is 41.0 Å². The number of quaternary nitrogens is 1. The fourth-order valence-corrected chi connectivity index (χ4v) is 4.11. The van der Waals surface area contributed by atoms with Crippen LogP contribution in [0.3, 0.4) is 0 Å². The van der Waals surface area contributed by atoms with Crippen molar-refractivity contribution in [2.45, 2.75) is 37.0 Å². The Hall–Kier alpha value is -2.03. The number of aliphatic carboxylic acids is 1. The van der Waals surface area contributed by atoms with Crippen molar-refractivity contribution >= 4 is 34.7 Å². The quantitative estimate of drug-likeness (QED) is 0.234. The molecule has 0 bridgehead atoms. The van der Waals surface area contributed by atoms with Gasteiger partial charge >= 0.3 is 0 Å². The van der Waals surface area contributed by atoms with Crippen molar-refractivity contribution in [2.75, 3.05) is 30.0 Å². The van der Waals surface area contributed by atoms with E-state index in [1.165, 1.54) is 29.0 Å². The standard InChI is InChI=1S/C16H24N6O6S/c17-8(16(26)27)1-4-29-5-9-11(24)12(25)15(28-9)22-7-21-10-13(18-2-3-23)19-6-20-14(10)22/h6-9,11-12,15,23-25H,1-5,17H2,(H,26,27)(H,18,19,20)/t8-,9+,11+,12+,15+/m0/s1. The summed E-state index contributed by atoms with van der Waals surface area (Å²) >= 11 is 1.41. The zero-order valence-corrected chi connectivity index (χ0v) is 16.4. The fourth-order valence-electron chi connectivity index (χ4n) is 2.98. The number of imidazole rings is 1. The normalized spacial score (nSPS) is 25.4. The van der Waals surface area contributed by atoms with Gasteiger partial charge in [0, 0.05) is 18.7 Å². The molecule has 29 heavy (non-hydrogen) atoms. The Kier molecular flexibility index (Phi) is 7.21. The van der Waals surface area contributed by atoms with E-state index in [9.17, 15) is 20.1 Å². The number of ether oxygens (including phenoxy) is 1. The number of hydrogen-bond acceptors (Lipinski definition) is 11. The van der Waals surface area contributed by atoms with Crippen LogP contribution in [0, 0.1) is 0 Å². The summed E-state index contributed by atoms with van der Waals surface area (Å²) in [5.74, 6) is 0.134. The van der Waals surface area contributed by atoms with Crippen LogP contribution in [0.5, 0.6) is 0 Å². The van der Waals surface area contributed by atoms with Crippen LogP contribution in [0.1, 0.15) is 12.6 Å². The van der Waals surface area contributed by atoms with Crippen LogP contribution in [0.25, 0.3) is 11.2 Å². The van der Waals surface area contributed by atoms with Gasteiger partial charge in [-0.2, -0.15) is 11.8 Å². The van der Waals surface area contributed by atoms with Gasteiger partial charge in [-0.15, -0.1) is 0 Å². The molecule has 2 aromatic heterocycles. The number of nitrogens with one attached hydrogen (secondary N) is 1. The molecule has 0 aliphatic carbocycles. The smallest absolute Gasteiger partial charge is 0.167 e. The maximum atomic E-state index is 10.7. The largest absolute Gasteiger partial charge is 0.544 e.